The number of hydrogen-bond acceptors (Lipinski definition) is 3. The van der Waals surface area contributed by atoms with E-state index in [1.807, 2.05) is 0 Å². The van der Waals surface area contributed by atoms with Gasteiger partial charge < -0.3 is 9.52 Å². The van der Waals surface area contributed by atoms with Crippen LogP contribution in [0.3, 0.4) is 0 Å². The van der Waals surface area contributed by atoms with Crippen molar-refractivity contribution >= 4 is 0 Å². The molecule has 1 rings (SSSR count). The van der Waals surface area contributed by atoms with Gasteiger partial charge in [0.1, 0.15) is 11.5 Å². The zero-order valence-corrected chi connectivity index (χ0v) is 10.1. The molecule has 0 unspecified atom stereocenters. The van der Waals surface area contributed by atoms with E-state index >= 15 is 0 Å². The van der Waals surface area contributed by atoms with Crippen LogP contribution in [0, 0.1) is 6.92 Å². The number of unbranched alkanes of at least 4 members (excludes halogenated alkanes) is 4. The molecular formula is C13H20O3. The fourth-order valence-electron chi connectivity index (χ4n) is 1.62. The lowest BCUT2D eigenvalue weighted by molar-refractivity contribution is 0.412. The summed E-state index contributed by atoms with van der Waals surface area (Å²) in [5, 5.41) is 9.46. The summed E-state index contributed by atoms with van der Waals surface area (Å²) in [6.45, 7) is 3.74. The minimum atomic E-state index is -0.427. The molecule has 16 heavy (non-hydrogen) atoms. The van der Waals surface area contributed by atoms with Crippen molar-refractivity contribution in [2.24, 2.45) is 0 Å². The molecule has 3 nitrogen and oxygen atoms in total. The number of rotatable bonds is 6. The zero-order chi connectivity index (χ0) is 12.0. The van der Waals surface area contributed by atoms with Gasteiger partial charge in [0.05, 0.1) is 5.56 Å². The Bertz CT molecular complexity index is 379. The summed E-state index contributed by atoms with van der Waals surface area (Å²) < 4.78 is 5.08. The predicted molar refractivity (Wildman–Crippen MR) is 63.8 cm³/mol. The van der Waals surface area contributed by atoms with Crippen LogP contribution in [0.5, 0.6) is 5.75 Å². The Kier molecular flexibility index (Phi) is 5.09. The lowest BCUT2D eigenvalue weighted by atomic mass is 10.1. The summed E-state index contributed by atoms with van der Waals surface area (Å²) in [4.78, 5) is 11.3. The van der Waals surface area contributed by atoms with Crippen molar-refractivity contribution in [1.29, 1.82) is 0 Å². The Morgan fingerprint density at radius 2 is 1.94 bits per heavy atom. The molecule has 0 fully saturated rings. The zero-order valence-electron chi connectivity index (χ0n) is 10.1. The maximum absolute atomic E-state index is 11.3. The Labute approximate surface area is 96.1 Å². The average Bonchev–Trinajstić information content (AvgIpc) is 2.25. The van der Waals surface area contributed by atoms with E-state index in [9.17, 15) is 9.90 Å². The second-order valence-corrected chi connectivity index (χ2v) is 4.17. The summed E-state index contributed by atoms with van der Waals surface area (Å²) >= 11 is 0. The summed E-state index contributed by atoms with van der Waals surface area (Å²) in [6.07, 6.45) is 6.58. The summed E-state index contributed by atoms with van der Waals surface area (Å²) in [6, 6.07) is 1.55. The largest absolute Gasteiger partial charge is 0.507 e. The normalized spacial score (nSPS) is 10.6. The first-order valence-corrected chi connectivity index (χ1v) is 5.97. The molecule has 1 aromatic heterocycles. The van der Waals surface area contributed by atoms with E-state index in [1.165, 1.54) is 19.3 Å². The molecule has 0 aromatic carbocycles. The van der Waals surface area contributed by atoms with E-state index in [4.69, 9.17) is 4.42 Å². The van der Waals surface area contributed by atoms with Crippen LogP contribution in [-0.4, -0.2) is 5.11 Å². The molecule has 1 N–H and O–H groups in total. The van der Waals surface area contributed by atoms with E-state index in [0.29, 0.717) is 5.76 Å². The van der Waals surface area contributed by atoms with E-state index in [1.54, 1.807) is 13.0 Å². The molecule has 90 valence electrons. The summed E-state index contributed by atoms with van der Waals surface area (Å²) in [5.74, 6) is 0.629. The predicted octanol–water partition coefficient (Wildman–Crippen LogP) is 3.17. The van der Waals surface area contributed by atoms with Crippen LogP contribution in [0.15, 0.2) is 15.3 Å². The van der Waals surface area contributed by atoms with Crippen LogP contribution in [-0.2, 0) is 6.42 Å². The van der Waals surface area contributed by atoms with E-state index in [2.05, 4.69) is 6.92 Å². The van der Waals surface area contributed by atoms with Crippen molar-refractivity contribution < 1.29 is 9.52 Å². The van der Waals surface area contributed by atoms with Gasteiger partial charge in [-0.05, 0) is 13.3 Å². The highest BCUT2D eigenvalue weighted by molar-refractivity contribution is 5.28. The molecular weight excluding hydrogens is 204 g/mol. The van der Waals surface area contributed by atoms with Gasteiger partial charge >= 0.3 is 5.63 Å². The summed E-state index contributed by atoms with van der Waals surface area (Å²) in [7, 11) is 0. The van der Waals surface area contributed by atoms with Crippen LogP contribution in [0.2, 0.25) is 0 Å². The van der Waals surface area contributed by atoms with Gasteiger partial charge in [0.2, 0.25) is 0 Å². The average molecular weight is 224 g/mol. The van der Waals surface area contributed by atoms with Crippen molar-refractivity contribution in [3.8, 4) is 5.75 Å². The molecule has 0 amide bonds. The van der Waals surface area contributed by atoms with Crippen LogP contribution in [0.4, 0.5) is 0 Å². The molecule has 1 aromatic rings. The van der Waals surface area contributed by atoms with Crippen LogP contribution in [0.1, 0.15) is 50.4 Å². The van der Waals surface area contributed by atoms with Crippen molar-refractivity contribution in [1.82, 2.24) is 0 Å². The van der Waals surface area contributed by atoms with Crippen molar-refractivity contribution in [2.45, 2.75) is 52.4 Å². The molecule has 0 spiro atoms. The molecule has 0 aliphatic rings. The quantitative estimate of drug-likeness (QED) is 0.755. The number of hydrogen-bond donors (Lipinski definition) is 1. The maximum atomic E-state index is 11.3. The Balaban J connectivity index is 2.46. The highest BCUT2D eigenvalue weighted by Crippen LogP contribution is 2.15. The first-order valence-electron chi connectivity index (χ1n) is 5.97. The molecule has 0 aliphatic carbocycles. The van der Waals surface area contributed by atoms with Gasteiger partial charge in [-0.3, -0.25) is 0 Å². The smallest absolute Gasteiger partial charge is 0.342 e. The van der Waals surface area contributed by atoms with Gasteiger partial charge in [0.25, 0.3) is 0 Å². The standard InChI is InChI=1S/C13H20O3/c1-3-4-5-6-7-8-11-9-12(14)10(2)13(15)16-11/h9,14H,3-8H2,1-2H3. The number of aryl methyl sites for hydroxylation is 1. The highest BCUT2D eigenvalue weighted by atomic mass is 16.4. The van der Waals surface area contributed by atoms with E-state index in [0.717, 1.165) is 19.3 Å². The van der Waals surface area contributed by atoms with Crippen molar-refractivity contribution in [2.75, 3.05) is 0 Å². The third-order valence-electron chi connectivity index (χ3n) is 2.74. The highest BCUT2D eigenvalue weighted by Gasteiger charge is 2.06. The minimum Gasteiger partial charge on any atom is -0.507 e. The first kappa shape index (κ1) is 12.8. The second-order valence-electron chi connectivity index (χ2n) is 4.17. The fourth-order valence-corrected chi connectivity index (χ4v) is 1.62. The lowest BCUT2D eigenvalue weighted by Crippen LogP contribution is -2.05. The SMILES string of the molecule is CCCCCCCc1cc(O)c(C)c(=O)o1. The third kappa shape index (κ3) is 3.72. The monoisotopic (exact) mass is 224 g/mol. The minimum absolute atomic E-state index is 0.0415. The Morgan fingerprint density at radius 1 is 1.25 bits per heavy atom. The van der Waals surface area contributed by atoms with Crippen molar-refractivity contribution in [3.63, 3.8) is 0 Å². The molecule has 3 heteroatoms. The molecule has 1 heterocycles. The lowest BCUT2D eigenvalue weighted by Gasteiger charge is -2.02. The van der Waals surface area contributed by atoms with Gasteiger partial charge in [-0.15, -0.1) is 0 Å². The molecule has 0 saturated heterocycles. The van der Waals surface area contributed by atoms with Gasteiger partial charge in [-0.25, -0.2) is 4.79 Å². The Hall–Kier alpha value is -1.25. The van der Waals surface area contributed by atoms with Crippen LogP contribution >= 0.6 is 0 Å². The molecule has 0 aliphatic heterocycles. The molecule has 0 saturated carbocycles. The second kappa shape index (κ2) is 6.36. The fraction of sp³-hybridized carbons (Fsp3) is 0.615. The third-order valence-corrected chi connectivity index (χ3v) is 2.74. The van der Waals surface area contributed by atoms with Crippen LogP contribution in [0.25, 0.3) is 0 Å². The van der Waals surface area contributed by atoms with Crippen molar-refractivity contribution in [3.05, 3.63) is 27.8 Å². The van der Waals surface area contributed by atoms with Gasteiger partial charge in [0.15, 0.2) is 0 Å². The molecule has 0 atom stereocenters. The van der Waals surface area contributed by atoms with Gasteiger partial charge in [-0.1, -0.05) is 32.6 Å². The van der Waals surface area contributed by atoms with Crippen LogP contribution < -0.4 is 5.63 Å². The van der Waals surface area contributed by atoms with E-state index in [-0.39, 0.29) is 11.3 Å². The number of aromatic hydroxyl groups is 1. The maximum Gasteiger partial charge on any atom is 0.342 e. The first-order chi connectivity index (χ1) is 7.65. The van der Waals surface area contributed by atoms with Gasteiger partial charge in [0, 0.05) is 12.5 Å². The summed E-state index contributed by atoms with van der Waals surface area (Å²) in [5.41, 5.74) is -0.140. The molecule has 0 bridgehead atoms. The van der Waals surface area contributed by atoms with Gasteiger partial charge in [-0.2, -0.15) is 0 Å². The molecule has 0 radical (unpaired) electrons. The topological polar surface area (TPSA) is 50.4 Å². The van der Waals surface area contributed by atoms with E-state index < -0.39 is 5.63 Å². The Morgan fingerprint density at radius 3 is 2.56 bits per heavy atom.